The number of nitrogens with zero attached hydrogens (tertiary/aromatic N) is 3. The molecule has 0 unspecified atom stereocenters. The minimum atomic E-state index is 0.363. The zero-order valence-corrected chi connectivity index (χ0v) is 7.28. The average Bonchev–Trinajstić information content (AvgIpc) is 2.18. The van der Waals surface area contributed by atoms with Gasteiger partial charge in [0, 0.05) is 10.8 Å². The van der Waals surface area contributed by atoms with Crippen LogP contribution >= 0.6 is 11.6 Å². The van der Waals surface area contributed by atoms with Crippen LogP contribution in [0.15, 0.2) is 24.4 Å². The second kappa shape index (κ2) is 3.00. The highest BCUT2D eigenvalue weighted by atomic mass is 35.5. The Morgan fingerprint density at radius 3 is 3.00 bits per heavy atom. The van der Waals surface area contributed by atoms with Gasteiger partial charge in [-0.05, 0) is 18.2 Å². The van der Waals surface area contributed by atoms with Gasteiger partial charge < -0.3 is 0 Å². The third kappa shape index (κ3) is 1.32. The minimum absolute atomic E-state index is 0.363. The second-order valence-electron chi connectivity index (χ2n) is 2.55. The standard InChI is InChI=1S/C9H4ClN3/c10-9-8-2-1-6(4-11)3-7(8)5-12-13-9/h1-3,5H. The van der Waals surface area contributed by atoms with Crippen LogP contribution in [-0.2, 0) is 0 Å². The van der Waals surface area contributed by atoms with Crippen LogP contribution in [0.3, 0.4) is 0 Å². The molecule has 0 saturated heterocycles. The Bertz CT molecular complexity index is 502. The van der Waals surface area contributed by atoms with Crippen molar-refractivity contribution in [2.45, 2.75) is 0 Å². The van der Waals surface area contributed by atoms with Crippen LogP contribution in [0.5, 0.6) is 0 Å². The maximum absolute atomic E-state index is 8.65. The van der Waals surface area contributed by atoms with E-state index in [0.29, 0.717) is 10.7 Å². The Kier molecular flexibility index (Phi) is 1.84. The first-order chi connectivity index (χ1) is 6.31. The zero-order valence-electron chi connectivity index (χ0n) is 6.53. The molecule has 62 valence electrons. The minimum Gasteiger partial charge on any atom is -0.192 e. The molecular weight excluding hydrogens is 186 g/mol. The van der Waals surface area contributed by atoms with Gasteiger partial charge in [0.15, 0.2) is 5.15 Å². The van der Waals surface area contributed by atoms with E-state index < -0.39 is 0 Å². The van der Waals surface area contributed by atoms with Crippen LogP contribution in [0.4, 0.5) is 0 Å². The molecule has 2 aromatic rings. The highest BCUT2D eigenvalue weighted by Gasteiger charge is 2.00. The number of nitriles is 1. The summed E-state index contributed by atoms with van der Waals surface area (Å²) < 4.78 is 0. The predicted molar refractivity (Wildman–Crippen MR) is 49.3 cm³/mol. The van der Waals surface area contributed by atoms with Gasteiger partial charge in [0.1, 0.15) is 0 Å². The van der Waals surface area contributed by atoms with E-state index in [9.17, 15) is 0 Å². The third-order valence-electron chi connectivity index (χ3n) is 1.75. The normalized spacial score (nSPS) is 9.85. The van der Waals surface area contributed by atoms with Crippen molar-refractivity contribution in [2.75, 3.05) is 0 Å². The third-order valence-corrected chi connectivity index (χ3v) is 2.02. The molecule has 1 aromatic carbocycles. The molecule has 0 bridgehead atoms. The largest absolute Gasteiger partial charge is 0.192 e. The van der Waals surface area contributed by atoms with E-state index in [1.165, 1.54) is 0 Å². The number of aromatic nitrogens is 2. The molecule has 0 radical (unpaired) electrons. The maximum atomic E-state index is 8.65. The van der Waals surface area contributed by atoms with Gasteiger partial charge in [-0.25, -0.2) is 0 Å². The highest BCUT2D eigenvalue weighted by Crippen LogP contribution is 2.20. The molecule has 13 heavy (non-hydrogen) atoms. The number of hydrogen-bond donors (Lipinski definition) is 0. The van der Waals surface area contributed by atoms with E-state index in [1.54, 1.807) is 24.4 Å². The van der Waals surface area contributed by atoms with Gasteiger partial charge >= 0.3 is 0 Å². The molecule has 0 N–H and O–H groups in total. The summed E-state index contributed by atoms with van der Waals surface area (Å²) in [5.41, 5.74) is 0.594. The molecule has 2 rings (SSSR count). The summed E-state index contributed by atoms with van der Waals surface area (Å²) >= 11 is 5.80. The second-order valence-corrected chi connectivity index (χ2v) is 2.91. The Morgan fingerprint density at radius 2 is 2.23 bits per heavy atom. The summed E-state index contributed by atoms with van der Waals surface area (Å²) in [5.74, 6) is 0. The summed E-state index contributed by atoms with van der Waals surface area (Å²) in [6, 6.07) is 7.25. The Morgan fingerprint density at radius 1 is 1.38 bits per heavy atom. The molecule has 0 amide bonds. The van der Waals surface area contributed by atoms with Crippen LogP contribution in [0.25, 0.3) is 10.8 Å². The summed E-state index contributed by atoms with van der Waals surface area (Å²) in [6.07, 6.45) is 1.59. The number of fused-ring (bicyclic) bond motifs is 1. The van der Waals surface area contributed by atoms with Crippen molar-refractivity contribution in [3.8, 4) is 6.07 Å². The molecule has 0 fully saturated rings. The summed E-state index contributed by atoms with van der Waals surface area (Å²) in [4.78, 5) is 0. The number of benzene rings is 1. The topological polar surface area (TPSA) is 49.6 Å². The van der Waals surface area contributed by atoms with Crippen molar-refractivity contribution in [3.63, 3.8) is 0 Å². The van der Waals surface area contributed by atoms with Gasteiger partial charge in [-0.15, -0.1) is 5.10 Å². The van der Waals surface area contributed by atoms with Crippen molar-refractivity contribution in [1.29, 1.82) is 5.26 Å². The molecule has 0 spiro atoms. The lowest BCUT2D eigenvalue weighted by Gasteiger charge is -1.97. The molecular formula is C9H4ClN3. The Hall–Kier alpha value is -1.66. The molecule has 0 aliphatic carbocycles. The predicted octanol–water partition coefficient (Wildman–Crippen LogP) is 2.15. The van der Waals surface area contributed by atoms with Gasteiger partial charge in [0.25, 0.3) is 0 Å². The quantitative estimate of drug-likeness (QED) is 0.638. The number of halogens is 1. The Balaban J connectivity index is 2.82. The van der Waals surface area contributed by atoms with Crippen molar-refractivity contribution in [1.82, 2.24) is 10.2 Å². The lowest BCUT2D eigenvalue weighted by atomic mass is 10.1. The van der Waals surface area contributed by atoms with Gasteiger partial charge in [-0.3, -0.25) is 0 Å². The SMILES string of the molecule is N#Cc1ccc2c(Cl)nncc2c1. The van der Waals surface area contributed by atoms with Crippen LogP contribution in [0.1, 0.15) is 5.56 Å². The molecule has 4 heteroatoms. The molecule has 0 aliphatic rings. The van der Waals surface area contributed by atoms with Crippen molar-refractivity contribution < 1.29 is 0 Å². The fourth-order valence-electron chi connectivity index (χ4n) is 1.12. The van der Waals surface area contributed by atoms with Crippen molar-refractivity contribution >= 4 is 22.4 Å². The maximum Gasteiger partial charge on any atom is 0.159 e. The molecule has 0 saturated carbocycles. The lowest BCUT2D eigenvalue weighted by molar-refractivity contribution is 1.05. The van der Waals surface area contributed by atoms with Crippen molar-refractivity contribution in [3.05, 3.63) is 35.1 Å². The summed E-state index contributed by atoms with van der Waals surface area (Å²) in [5, 5.41) is 18.0. The van der Waals surface area contributed by atoms with Crippen LogP contribution < -0.4 is 0 Å². The van der Waals surface area contributed by atoms with Crippen molar-refractivity contribution in [2.24, 2.45) is 0 Å². The average molecular weight is 190 g/mol. The molecule has 0 atom stereocenters. The van der Waals surface area contributed by atoms with Gasteiger partial charge in [-0.2, -0.15) is 10.4 Å². The lowest BCUT2D eigenvalue weighted by Crippen LogP contribution is -1.84. The van der Waals surface area contributed by atoms with Gasteiger partial charge in [-0.1, -0.05) is 11.6 Å². The molecule has 1 aromatic heterocycles. The molecule has 3 nitrogen and oxygen atoms in total. The van der Waals surface area contributed by atoms with E-state index in [-0.39, 0.29) is 0 Å². The fraction of sp³-hybridized carbons (Fsp3) is 0. The van der Waals surface area contributed by atoms with Crippen LogP contribution in [-0.4, -0.2) is 10.2 Å². The van der Waals surface area contributed by atoms with Gasteiger partial charge in [0.2, 0.25) is 0 Å². The van der Waals surface area contributed by atoms with Crippen LogP contribution in [0.2, 0.25) is 5.15 Å². The summed E-state index contributed by atoms with van der Waals surface area (Å²) in [6.45, 7) is 0. The molecule has 0 aliphatic heterocycles. The first-order valence-corrected chi connectivity index (χ1v) is 4.00. The highest BCUT2D eigenvalue weighted by molar-refractivity contribution is 6.34. The Labute approximate surface area is 79.6 Å². The van der Waals surface area contributed by atoms with Crippen LogP contribution in [0, 0.1) is 11.3 Å². The smallest absolute Gasteiger partial charge is 0.159 e. The number of rotatable bonds is 0. The van der Waals surface area contributed by atoms with E-state index in [2.05, 4.69) is 10.2 Å². The zero-order chi connectivity index (χ0) is 9.26. The summed E-state index contributed by atoms with van der Waals surface area (Å²) in [7, 11) is 0. The van der Waals surface area contributed by atoms with E-state index in [0.717, 1.165) is 10.8 Å². The first-order valence-electron chi connectivity index (χ1n) is 3.62. The molecule has 1 heterocycles. The monoisotopic (exact) mass is 189 g/mol. The first kappa shape index (κ1) is 7.96. The van der Waals surface area contributed by atoms with Gasteiger partial charge in [0.05, 0.1) is 17.8 Å². The number of hydrogen-bond acceptors (Lipinski definition) is 3. The fourth-order valence-corrected chi connectivity index (χ4v) is 1.34. The van der Waals surface area contributed by atoms with E-state index in [4.69, 9.17) is 16.9 Å². The van der Waals surface area contributed by atoms with E-state index in [1.807, 2.05) is 6.07 Å². The van der Waals surface area contributed by atoms with E-state index >= 15 is 0 Å².